The van der Waals surface area contributed by atoms with Crippen molar-refractivity contribution >= 4 is 23.5 Å². The quantitative estimate of drug-likeness (QED) is 0.457. The van der Waals surface area contributed by atoms with E-state index in [2.05, 4.69) is 0 Å². The molecule has 0 unspecified atom stereocenters. The maximum Gasteiger partial charge on any atom is 0.411 e. The number of esters is 1. The van der Waals surface area contributed by atoms with Gasteiger partial charge in [0.1, 0.15) is 12.2 Å². The van der Waals surface area contributed by atoms with Crippen molar-refractivity contribution in [1.82, 2.24) is 4.90 Å². The fourth-order valence-corrected chi connectivity index (χ4v) is 2.41. The highest BCUT2D eigenvalue weighted by Gasteiger charge is 2.37. The molecule has 1 aromatic rings. The van der Waals surface area contributed by atoms with Gasteiger partial charge in [-0.15, -0.1) is 0 Å². The number of amides is 1. The fourth-order valence-electron chi connectivity index (χ4n) is 2.41. The first-order chi connectivity index (χ1) is 12.1. The minimum atomic E-state index is -0.706. The van der Waals surface area contributed by atoms with Gasteiger partial charge in [0.2, 0.25) is 0 Å². The van der Waals surface area contributed by atoms with Gasteiger partial charge in [-0.3, -0.25) is 19.8 Å². The number of nitro groups is 1. The number of hydrogen-bond acceptors (Lipinski definition) is 7. The second kappa shape index (κ2) is 7.51. The van der Waals surface area contributed by atoms with E-state index in [1.165, 1.54) is 29.2 Å². The van der Waals surface area contributed by atoms with E-state index in [1.807, 2.05) is 0 Å². The van der Waals surface area contributed by atoms with Crippen molar-refractivity contribution in [2.75, 3.05) is 13.2 Å². The summed E-state index contributed by atoms with van der Waals surface area (Å²) >= 11 is 0. The second-order valence-electron chi connectivity index (χ2n) is 6.91. The standard InChI is InChI=1S/C17H20N2O7/c1-17(2,3)26-16(22)18-9-14(20)8-13(18)10-25-15(21)11-4-6-12(7-5-11)19(23)24/h4-7,13H,8-10H2,1-3H3/t13-/m0/s1. The van der Waals surface area contributed by atoms with Crippen LogP contribution >= 0.6 is 0 Å². The number of carbonyl (C=O) groups excluding carboxylic acids is 3. The Bertz CT molecular complexity index is 722. The van der Waals surface area contributed by atoms with Crippen LogP contribution in [0.2, 0.25) is 0 Å². The first kappa shape index (κ1) is 19.4. The van der Waals surface area contributed by atoms with Crippen LogP contribution in [-0.4, -0.2) is 52.5 Å². The van der Waals surface area contributed by atoms with Crippen LogP contribution in [0, 0.1) is 10.1 Å². The summed E-state index contributed by atoms with van der Waals surface area (Å²) in [6.45, 7) is 4.89. The average molecular weight is 364 g/mol. The smallest absolute Gasteiger partial charge is 0.411 e. The van der Waals surface area contributed by atoms with Crippen molar-refractivity contribution in [2.24, 2.45) is 0 Å². The largest absolute Gasteiger partial charge is 0.460 e. The Kier molecular flexibility index (Phi) is 5.59. The Hall–Kier alpha value is -2.97. The predicted octanol–water partition coefficient (Wildman–Crippen LogP) is 2.33. The second-order valence-corrected chi connectivity index (χ2v) is 6.91. The summed E-state index contributed by atoms with van der Waals surface area (Å²) in [5.41, 5.74) is -0.703. The van der Waals surface area contributed by atoms with Crippen molar-refractivity contribution in [1.29, 1.82) is 0 Å². The molecule has 1 aromatic carbocycles. The molecule has 26 heavy (non-hydrogen) atoms. The lowest BCUT2D eigenvalue weighted by atomic mass is 10.2. The third kappa shape index (κ3) is 5.01. The minimum absolute atomic E-state index is 0.0762. The van der Waals surface area contributed by atoms with E-state index in [4.69, 9.17) is 9.47 Å². The van der Waals surface area contributed by atoms with E-state index in [0.717, 1.165) is 0 Å². The van der Waals surface area contributed by atoms with E-state index in [9.17, 15) is 24.5 Å². The van der Waals surface area contributed by atoms with Crippen molar-refractivity contribution in [3.63, 3.8) is 0 Å². The number of nitrogens with zero attached hydrogens (tertiary/aromatic N) is 2. The first-order valence-electron chi connectivity index (χ1n) is 8.00. The Labute approximate surface area is 150 Å². The molecular weight excluding hydrogens is 344 g/mol. The molecule has 0 aliphatic carbocycles. The summed E-state index contributed by atoms with van der Waals surface area (Å²) in [4.78, 5) is 47.2. The van der Waals surface area contributed by atoms with E-state index < -0.39 is 28.6 Å². The number of Topliss-reactive ketones (excluding diaryl/α,β-unsaturated/α-hetero) is 1. The maximum atomic E-state index is 12.2. The number of non-ortho nitro benzene ring substituents is 1. The first-order valence-corrected chi connectivity index (χ1v) is 8.00. The number of carbonyl (C=O) groups is 3. The number of rotatable bonds is 4. The highest BCUT2D eigenvalue weighted by molar-refractivity contribution is 5.90. The van der Waals surface area contributed by atoms with Gasteiger partial charge in [0.15, 0.2) is 5.78 Å². The monoisotopic (exact) mass is 364 g/mol. The van der Waals surface area contributed by atoms with Gasteiger partial charge in [-0.25, -0.2) is 9.59 Å². The van der Waals surface area contributed by atoms with Crippen LogP contribution in [0.1, 0.15) is 37.6 Å². The van der Waals surface area contributed by atoms with Gasteiger partial charge in [-0.05, 0) is 32.9 Å². The number of ether oxygens (including phenoxy) is 2. The van der Waals surface area contributed by atoms with Crippen LogP contribution in [0.25, 0.3) is 0 Å². The summed E-state index contributed by atoms with van der Waals surface area (Å²) < 4.78 is 10.4. The molecule has 0 N–H and O–H groups in total. The third-order valence-electron chi connectivity index (χ3n) is 3.60. The van der Waals surface area contributed by atoms with Crippen molar-refractivity contribution in [2.45, 2.75) is 38.8 Å². The molecule has 0 saturated carbocycles. The molecule has 0 radical (unpaired) electrons. The molecule has 1 fully saturated rings. The van der Waals surface area contributed by atoms with Gasteiger partial charge in [0.25, 0.3) is 5.69 Å². The molecule has 1 aliphatic rings. The van der Waals surface area contributed by atoms with Gasteiger partial charge in [0.05, 0.1) is 23.1 Å². The molecule has 0 bridgehead atoms. The SMILES string of the molecule is CC(C)(C)OC(=O)N1CC(=O)C[C@H]1COC(=O)c1ccc([N+](=O)[O-])cc1. The molecule has 1 saturated heterocycles. The highest BCUT2D eigenvalue weighted by Crippen LogP contribution is 2.20. The topological polar surface area (TPSA) is 116 Å². The van der Waals surface area contributed by atoms with E-state index in [-0.39, 0.29) is 36.6 Å². The Morgan fingerprint density at radius 3 is 2.42 bits per heavy atom. The Morgan fingerprint density at radius 1 is 1.27 bits per heavy atom. The number of nitro benzene ring substituents is 1. The predicted molar refractivity (Wildman–Crippen MR) is 89.7 cm³/mol. The zero-order chi connectivity index (χ0) is 19.5. The lowest BCUT2D eigenvalue weighted by Gasteiger charge is -2.27. The molecule has 1 atom stereocenters. The van der Waals surface area contributed by atoms with Gasteiger partial charge in [0, 0.05) is 18.6 Å². The van der Waals surface area contributed by atoms with Crippen molar-refractivity contribution < 1.29 is 28.8 Å². The van der Waals surface area contributed by atoms with Crippen LogP contribution in [0.5, 0.6) is 0 Å². The van der Waals surface area contributed by atoms with Crippen LogP contribution in [0.3, 0.4) is 0 Å². The molecule has 2 rings (SSSR count). The molecule has 1 amide bonds. The molecular formula is C17H20N2O7. The summed E-state index contributed by atoms with van der Waals surface area (Å²) in [7, 11) is 0. The molecule has 1 aliphatic heterocycles. The molecule has 0 spiro atoms. The Morgan fingerprint density at radius 2 is 1.88 bits per heavy atom. The van der Waals surface area contributed by atoms with Crippen molar-refractivity contribution in [3.05, 3.63) is 39.9 Å². The Balaban J connectivity index is 1.97. The number of ketones is 1. The molecule has 0 aromatic heterocycles. The van der Waals surface area contributed by atoms with E-state index >= 15 is 0 Å². The lowest BCUT2D eigenvalue weighted by molar-refractivity contribution is -0.384. The third-order valence-corrected chi connectivity index (χ3v) is 3.60. The highest BCUT2D eigenvalue weighted by atomic mass is 16.6. The minimum Gasteiger partial charge on any atom is -0.460 e. The van der Waals surface area contributed by atoms with Gasteiger partial charge < -0.3 is 9.47 Å². The van der Waals surface area contributed by atoms with Crippen molar-refractivity contribution in [3.8, 4) is 0 Å². The summed E-state index contributed by atoms with van der Waals surface area (Å²) in [5.74, 6) is -0.837. The molecule has 9 heteroatoms. The zero-order valence-electron chi connectivity index (χ0n) is 14.8. The summed E-state index contributed by atoms with van der Waals surface area (Å²) in [5, 5.41) is 10.6. The van der Waals surface area contributed by atoms with E-state index in [1.54, 1.807) is 20.8 Å². The van der Waals surface area contributed by atoms with Gasteiger partial charge in [-0.2, -0.15) is 0 Å². The van der Waals surface area contributed by atoms with Crippen LogP contribution in [-0.2, 0) is 14.3 Å². The zero-order valence-corrected chi connectivity index (χ0v) is 14.8. The fraction of sp³-hybridized carbons (Fsp3) is 0.471. The number of likely N-dealkylation sites (tertiary alicyclic amines) is 1. The summed E-state index contributed by atoms with van der Waals surface area (Å²) in [6.07, 6.45) is -0.563. The average Bonchev–Trinajstić information content (AvgIpc) is 2.92. The van der Waals surface area contributed by atoms with Crippen LogP contribution in [0.4, 0.5) is 10.5 Å². The number of hydrogen-bond donors (Lipinski definition) is 0. The lowest BCUT2D eigenvalue weighted by Crippen LogP contribution is -2.42. The summed E-state index contributed by atoms with van der Waals surface area (Å²) in [6, 6.07) is 4.36. The van der Waals surface area contributed by atoms with Gasteiger partial charge >= 0.3 is 12.1 Å². The number of benzene rings is 1. The normalized spacial score (nSPS) is 17.1. The van der Waals surface area contributed by atoms with Gasteiger partial charge in [-0.1, -0.05) is 0 Å². The van der Waals surface area contributed by atoms with Crippen LogP contribution < -0.4 is 0 Å². The molecule has 9 nitrogen and oxygen atoms in total. The maximum absolute atomic E-state index is 12.2. The molecule has 1 heterocycles. The van der Waals surface area contributed by atoms with E-state index in [0.29, 0.717) is 0 Å². The molecule has 140 valence electrons. The van der Waals surface area contributed by atoms with Crippen LogP contribution in [0.15, 0.2) is 24.3 Å².